The molecule has 0 saturated carbocycles. The minimum Gasteiger partial charge on any atom is -0.454 e. The van der Waals surface area contributed by atoms with Crippen LogP contribution in [0.25, 0.3) is 11.0 Å². The largest absolute Gasteiger partial charge is 0.454 e. The Morgan fingerprint density at radius 3 is 2.53 bits per heavy atom. The van der Waals surface area contributed by atoms with E-state index in [0.717, 1.165) is 60.6 Å². The lowest BCUT2D eigenvalue weighted by Crippen LogP contribution is -2.49. The van der Waals surface area contributed by atoms with Gasteiger partial charge in [0.15, 0.2) is 11.5 Å². The Bertz CT molecular complexity index is 1250. The van der Waals surface area contributed by atoms with Crippen LogP contribution in [0.1, 0.15) is 23.6 Å². The van der Waals surface area contributed by atoms with Crippen molar-refractivity contribution in [2.75, 3.05) is 39.5 Å². The number of carbonyl (C=O) groups excluding carboxylic acids is 1. The Balaban J connectivity index is 1.13. The fourth-order valence-electron chi connectivity index (χ4n) is 4.48. The molecule has 8 heteroatoms. The molecule has 8 nitrogen and oxygen atoms in total. The quantitative estimate of drug-likeness (QED) is 0.539. The van der Waals surface area contributed by atoms with Gasteiger partial charge in [-0.15, -0.1) is 0 Å². The van der Waals surface area contributed by atoms with E-state index in [0.29, 0.717) is 25.2 Å². The average molecular weight is 464 g/mol. The summed E-state index contributed by atoms with van der Waals surface area (Å²) in [6.07, 6.45) is 0.934. The van der Waals surface area contributed by atoms with Gasteiger partial charge >= 0.3 is 5.63 Å². The molecular formula is C26H29N3O5. The maximum atomic E-state index is 12.5. The number of hydrogen-bond donors (Lipinski definition) is 1. The van der Waals surface area contributed by atoms with Crippen LogP contribution in [-0.2, 0) is 24.3 Å². The number of nitrogens with zero attached hydrogens (tertiary/aromatic N) is 2. The van der Waals surface area contributed by atoms with Crippen molar-refractivity contribution in [1.29, 1.82) is 0 Å². The maximum absolute atomic E-state index is 12.5. The Morgan fingerprint density at radius 1 is 0.941 bits per heavy atom. The van der Waals surface area contributed by atoms with E-state index in [1.54, 1.807) is 6.07 Å². The van der Waals surface area contributed by atoms with Crippen molar-refractivity contribution < 1.29 is 18.7 Å². The molecule has 0 unspecified atom stereocenters. The first-order valence-electron chi connectivity index (χ1n) is 11.7. The lowest BCUT2D eigenvalue weighted by Gasteiger charge is -2.34. The SMILES string of the molecule is CCc1ccc2oc(=O)cc(CN3CCN(CC(=O)NCc4ccc5c(c4)OCO5)CC3)c2c1. The molecule has 5 rings (SSSR count). The number of hydrogen-bond acceptors (Lipinski definition) is 7. The third kappa shape index (κ3) is 5.08. The van der Waals surface area contributed by atoms with Crippen LogP contribution in [-0.4, -0.2) is 55.2 Å². The first-order valence-corrected chi connectivity index (χ1v) is 11.7. The molecule has 1 N–H and O–H groups in total. The molecule has 0 radical (unpaired) electrons. The molecule has 0 aliphatic carbocycles. The summed E-state index contributed by atoms with van der Waals surface area (Å²) in [4.78, 5) is 29.0. The third-order valence-corrected chi connectivity index (χ3v) is 6.45. The summed E-state index contributed by atoms with van der Waals surface area (Å²) in [6.45, 7) is 7.16. The van der Waals surface area contributed by atoms with Crippen LogP contribution in [0.4, 0.5) is 0 Å². The number of rotatable bonds is 7. The van der Waals surface area contributed by atoms with Crippen molar-refractivity contribution in [1.82, 2.24) is 15.1 Å². The van der Waals surface area contributed by atoms with E-state index >= 15 is 0 Å². The van der Waals surface area contributed by atoms with E-state index < -0.39 is 0 Å². The summed E-state index contributed by atoms with van der Waals surface area (Å²) < 4.78 is 16.1. The normalized spacial score (nSPS) is 16.1. The van der Waals surface area contributed by atoms with Crippen LogP contribution in [0.15, 0.2) is 51.7 Å². The standard InChI is InChI=1S/C26H29N3O5/c1-2-18-3-5-22-21(11-18)20(13-26(31)34-22)15-28-7-9-29(10-8-28)16-25(30)27-14-19-4-6-23-24(12-19)33-17-32-23/h3-6,11-13H,2,7-10,14-17H2,1H3,(H,27,30). The van der Waals surface area contributed by atoms with Gasteiger partial charge in [0, 0.05) is 50.7 Å². The van der Waals surface area contributed by atoms with Gasteiger partial charge in [-0.1, -0.05) is 19.1 Å². The number of piperazine rings is 1. The van der Waals surface area contributed by atoms with Crippen LogP contribution in [0.3, 0.4) is 0 Å². The zero-order valence-electron chi connectivity index (χ0n) is 19.3. The highest BCUT2D eigenvalue weighted by molar-refractivity contribution is 5.81. The number of aryl methyl sites for hydroxylation is 1. The van der Waals surface area contributed by atoms with Gasteiger partial charge in [0.05, 0.1) is 6.54 Å². The Labute approximate surface area is 198 Å². The van der Waals surface area contributed by atoms with Crippen molar-refractivity contribution in [3.05, 3.63) is 69.6 Å². The zero-order chi connectivity index (χ0) is 23.5. The van der Waals surface area contributed by atoms with Gasteiger partial charge < -0.3 is 19.2 Å². The summed E-state index contributed by atoms with van der Waals surface area (Å²) in [7, 11) is 0. The monoisotopic (exact) mass is 463 g/mol. The molecule has 3 heterocycles. The molecule has 2 aromatic carbocycles. The Kier molecular flexibility index (Phi) is 6.51. The van der Waals surface area contributed by atoms with Crippen molar-refractivity contribution in [3.8, 4) is 11.5 Å². The highest BCUT2D eigenvalue weighted by Gasteiger charge is 2.20. The Hall–Kier alpha value is -3.36. The number of nitrogens with one attached hydrogen (secondary N) is 1. The summed E-state index contributed by atoms with van der Waals surface area (Å²) in [5, 5.41) is 3.99. The summed E-state index contributed by atoms with van der Waals surface area (Å²) in [5.41, 5.74) is 3.52. The Morgan fingerprint density at radius 2 is 1.71 bits per heavy atom. The molecule has 2 aliphatic rings. The van der Waals surface area contributed by atoms with Gasteiger partial charge in [-0.05, 0) is 47.4 Å². The predicted molar refractivity (Wildman–Crippen MR) is 128 cm³/mol. The molecular weight excluding hydrogens is 434 g/mol. The zero-order valence-corrected chi connectivity index (χ0v) is 19.3. The minimum atomic E-state index is -0.315. The second kappa shape index (κ2) is 9.87. The molecule has 2 aliphatic heterocycles. The first-order chi connectivity index (χ1) is 16.6. The van der Waals surface area contributed by atoms with E-state index in [9.17, 15) is 9.59 Å². The molecule has 178 valence electrons. The molecule has 34 heavy (non-hydrogen) atoms. The number of ether oxygens (including phenoxy) is 2. The molecule has 3 aromatic rings. The lowest BCUT2D eigenvalue weighted by molar-refractivity contribution is -0.122. The van der Waals surface area contributed by atoms with E-state index in [1.165, 1.54) is 5.56 Å². The summed E-state index contributed by atoms with van der Waals surface area (Å²) in [5.74, 6) is 1.46. The fraction of sp³-hybridized carbons (Fsp3) is 0.385. The minimum absolute atomic E-state index is 0.00451. The van der Waals surface area contributed by atoms with Crippen LogP contribution >= 0.6 is 0 Å². The van der Waals surface area contributed by atoms with Crippen molar-refractivity contribution in [2.24, 2.45) is 0 Å². The van der Waals surface area contributed by atoms with Crippen LogP contribution in [0, 0.1) is 0 Å². The highest BCUT2D eigenvalue weighted by Crippen LogP contribution is 2.32. The maximum Gasteiger partial charge on any atom is 0.336 e. The average Bonchev–Trinajstić information content (AvgIpc) is 3.32. The number of carbonyl (C=O) groups is 1. The number of benzene rings is 2. The van der Waals surface area contributed by atoms with Gasteiger partial charge in [0.25, 0.3) is 0 Å². The smallest absolute Gasteiger partial charge is 0.336 e. The molecule has 0 bridgehead atoms. The summed E-state index contributed by atoms with van der Waals surface area (Å²) >= 11 is 0. The third-order valence-electron chi connectivity index (χ3n) is 6.45. The van der Waals surface area contributed by atoms with Gasteiger partial charge in [-0.3, -0.25) is 14.6 Å². The van der Waals surface area contributed by atoms with Crippen molar-refractivity contribution in [3.63, 3.8) is 0 Å². The second-order valence-corrected chi connectivity index (χ2v) is 8.79. The van der Waals surface area contributed by atoms with E-state index in [4.69, 9.17) is 13.9 Å². The van der Waals surface area contributed by atoms with Crippen LogP contribution in [0.5, 0.6) is 11.5 Å². The van der Waals surface area contributed by atoms with Gasteiger partial charge in [0.1, 0.15) is 5.58 Å². The fourth-order valence-corrected chi connectivity index (χ4v) is 4.48. The van der Waals surface area contributed by atoms with E-state index in [1.807, 2.05) is 30.3 Å². The molecule has 1 aromatic heterocycles. The van der Waals surface area contributed by atoms with Crippen molar-refractivity contribution >= 4 is 16.9 Å². The number of amides is 1. The van der Waals surface area contributed by atoms with Crippen molar-refractivity contribution in [2.45, 2.75) is 26.4 Å². The first kappa shape index (κ1) is 22.4. The molecule has 0 atom stereocenters. The lowest BCUT2D eigenvalue weighted by atomic mass is 10.0. The van der Waals surface area contributed by atoms with Gasteiger partial charge in [0.2, 0.25) is 12.7 Å². The highest BCUT2D eigenvalue weighted by atomic mass is 16.7. The molecule has 1 amide bonds. The van der Waals surface area contributed by atoms with Gasteiger partial charge in [-0.25, -0.2) is 4.79 Å². The predicted octanol–water partition coefficient (Wildman–Crippen LogP) is 2.52. The van der Waals surface area contributed by atoms with E-state index in [2.05, 4.69) is 28.1 Å². The second-order valence-electron chi connectivity index (χ2n) is 8.79. The topological polar surface area (TPSA) is 84.3 Å². The molecule has 1 saturated heterocycles. The number of fused-ring (bicyclic) bond motifs is 2. The van der Waals surface area contributed by atoms with Gasteiger partial charge in [-0.2, -0.15) is 0 Å². The van der Waals surface area contributed by atoms with Crippen LogP contribution in [0.2, 0.25) is 0 Å². The van der Waals surface area contributed by atoms with E-state index in [-0.39, 0.29) is 18.3 Å². The van der Waals surface area contributed by atoms with Crippen LogP contribution < -0.4 is 20.4 Å². The molecule has 1 fully saturated rings. The molecule has 0 spiro atoms. The summed E-state index contributed by atoms with van der Waals surface area (Å²) in [6, 6.07) is 13.3.